The Labute approximate surface area is 86.0 Å². The molecule has 4 heteroatoms. The summed E-state index contributed by atoms with van der Waals surface area (Å²) in [7, 11) is -2.77. The van der Waals surface area contributed by atoms with Gasteiger partial charge in [0.15, 0.2) is 9.84 Å². The Bertz CT molecular complexity index is 319. The van der Waals surface area contributed by atoms with Gasteiger partial charge in [-0.3, -0.25) is 0 Å². The topological polar surface area (TPSA) is 60.2 Å². The van der Waals surface area contributed by atoms with Gasteiger partial charge in [-0.15, -0.1) is 0 Å². The summed E-state index contributed by atoms with van der Waals surface area (Å²) >= 11 is 0. The van der Waals surface area contributed by atoms with Gasteiger partial charge < -0.3 is 5.73 Å². The number of rotatable bonds is 2. The molecule has 0 radical (unpaired) electrons. The molecule has 1 aliphatic heterocycles. The van der Waals surface area contributed by atoms with Crippen LogP contribution in [-0.2, 0) is 9.84 Å². The molecular formula is C10H19NO2S. The minimum atomic E-state index is -2.77. The summed E-state index contributed by atoms with van der Waals surface area (Å²) in [5, 5.41) is 0. The number of sulfone groups is 1. The van der Waals surface area contributed by atoms with Crippen molar-refractivity contribution < 1.29 is 8.42 Å². The molecule has 2 fully saturated rings. The molecule has 2 unspecified atom stereocenters. The van der Waals surface area contributed by atoms with Crippen molar-refractivity contribution in [3.63, 3.8) is 0 Å². The van der Waals surface area contributed by atoms with Crippen LogP contribution in [0.3, 0.4) is 0 Å². The zero-order chi connectivity index (χ0) is 10.4. The van der Waals surface area contributed by atoms with Crippen molar-refractivity contribution in [1.82, 2.24) is 0 Å². The molecular weight excluding hydrogens is 198 g/mol. The molecule has 1 heterocycles. The third-order valence-electron chi connectivity index (χ3n) is 3.94. The lowest BCUT2D eigenvalue weighted by Crippen LogP contribution is -2.40. The zero-order valence-electron chi connectivity index (χ0n) is 8.70. The molecule has 1 saturated carbocycles. The third-order valence-corrected chi connectivity index (χ3v) is 5.79. The maximum atomic E-state index is 11.5. The van der Waals surface area contributed by atoms with Gasteiger partial charge in [0.25, 0.3) is 0 Å². The second kappa shape index (κ2) is 3.20. The molecule has 0 aromatic rings. The molecule has 2 aliphatic rings. The highest BCUT2D eigenvalue weighted by molar-refractivity contribution is 7.91. The number of hydrogen-bond donors (Lipinski definition) is 1. The van der Waals surface area contributed by atoms with E-state index >= 15 is 0 Å². The largest absolute Gasteiger partial charge is 0.325 e. The van der Waals surface area contributed by atoms with Gasteiger partial charge >= 0.3 is 0 Å². The van der Waals surface area contributed by atoms with E-state index in [9.17, 15) is 8.42 Å². The lowest BCUT2D eigenvalue weighted by molar-refractivity contribution is 0.288. The molecule has 1 aliphatic carbocycles. The van der Waals surface area contributed by atoms with Crippen molar-refractivity contribution in [3.05, 3.63) is 0 Å². The van der Waals surface area contributed by atoms with Crippen LogP contribution in [0.15, 0.2) is 0 Å². The highest BCUT2D eigenvalue weighted by Gasteiger charge is 2.47. The smallest absolute Gasteiger partial charge is 0.150 e. The Morgan fingerprint density at radius 2 is 2.07 bits per heavy atom. The van der Waals surface area contributed by atoms with Gasteiger partial charge in [-0.1, -0.05) is 6.92 Å². The van der Waals surface area contributed by atoms with Crippen LogP contribution in [0.2, 0.25) is 0 Å². The van der Waals surface area contributed by atoms with E-state index < -0.39 is 9.84 Å². The van der Waals surface area contributed by atoms with Gasteiger partial charge in [0.1, 0.15) is 0 Å². The Hall–Kier alpha value is -0.0900. The van der Waals surface area contributed by atoms with E-state index in [4.69, 9.17) is 5.73 Å². The fraction of sp³-hybridized carbons (Fsp3) is 1.00. The van der Waals surface area contributed by atoms with Crippen LogP contribution >= 0.6 is 0 Å². The third kappa shape index (κ3) is 1.96. The highest BCUT2D eigenvalue weighted by atomic mass is 32.2. The van der Waals surface area contributed by atoms with E-state index in [-0.39, 0.29) is 5.54 Å². The van der Waals surface area contributed by atoms with Crippen molar-refractivity contribution in [1.29, 1.82) is 0 Å². The lowest BCUT2D eigenvalue weighted by atomic mass is 9.84. The van der Waals surface area contributed by atoms with Gasteiger partial charge in [-0.2, -0.15) is 0 Å². The van der Waals surface area contributed by atoms with Gasteiger partial charge in [0.2, 0.25) is 0 Å². The standard InChI is InChI=1S/C10H19NO2S/c1-8(10(11)4-5-10)9-3-2-6-14(12,13)7-9/h8-9H,2-7,11H2,1H3. The molecule has 1 saturated heterocycles. The molecule has 0 amide bonds. The Balaban J connectivity index is 2.04. The molecule has 0 aromatic carbocycles. The summed E-state index contributed by atoms with van der Waals surface area (Å²) in [6.45, 7) is 2.12. The molecule has 2 atom stereocenters. The minimum absolute atomic E-state index is 0.0302. The Kier molecular flexibility index (Phi) is 2.39. The first-order valence-corrected chi connectivity index (χ1v) is 7.24. The van der Waals surface area contributed by atoms with E-state index in [2.05, 4.69) is 6.92 Å². The SMILES string of the molecule is CC(C1CCCS(=O)(=O)C1)C1(N)CC1. The Morgan fingerprint density at radius 1 is 1.43 bits per heavy atom. The average molecular weight is 217 g/mol. The summed E-state index contributed by atoms with van der Waals surface area (Å²) < 4.78 is 22.9. The van der Waals surface area contributed by atoms with Crippen LogP contribution in [0.1, 0.15) is 32.6 Å². The maximum absolute atomic E-state index is 11.5. The summed E-state index contributed by atoms with van der Waals surface area (Å²) in [6.07, 6.45) is 4.02. The second-order valence-corrected chi connectivity index (χ2v) is 7.27. The van der Waals surface area contributed by atoms with Gasteiger partial charge in [-0.05, 0) is 37.5 Å². The van der Waals surface area contributed by atoms with Crippen LogP contribution in [-0.4, -0.2) is 25.5 Å². The van der Waals surface area contributed by atoms with Crippen molar-refractivity contribution in [2.45, 2.75) is 38.1 Å². The van der Waals surface area contributed by atoms with Crippen LogP contribution in [0.5, 0.6) is 0 Å². The normalized spacial score (nSPS) is 36.3. The minimum Gasteiger partial charge on any atom is -0.325 e. The second-order valence-electron chi connectivity index (χ2n) is 5.04. The monoisotopic (exact) mass is 217 g/mol. The van der Waals surface area contributed by atoms with E-state index in [0.29, 0.717) is 23.3 Å². The van der Waals surface area contributed by atoms with Crippen LogP contribution in [0.25, 0.3) is 0 Å². The molecule has 2 rings (SSSR count). The van der Waals surface area contributed by atoms with E-state index in [1.165, 1.54) is 0 Å². The van der Waals surface area contributed by atoms with E-state index in [1.54, 1.807) is 0 Å². The van der Waals surface area contributed by atoms with Gasteiger partial charge in [0, 0.05) is 5.54 Å². The lowest BCUT2D eigenvalue weighted by Gasteiger charge is -2.31. The van der Waals surface area contributed by atoms with Crippen molar-refractivity contribution in [3.8, 4) is 0 Å². The van der Waals surface area contributed by atoms with E-state index in [1.807, 2.05) is 0 Å². The van der Waals surface area contributed by atoms with Crippen LogP contribution in [0, 0.1) is 11.8 Å². The molecule has 0 aromatic heterocycles. The quantitative estimate of drug-likeness (QED) is 0.749. The maximum Gasteiger partial charge on any atom is 0.150 e. The van der Waals surface area contributed by atoms with E-state index in [0.717, 1.165) is 25.7 Å². The molecule has 2 N–H and O–H groups in total. The molecule has 82 valence electrons. The zero-order valence-corrected chi connectivity index (χ0v) is 9.52. The fourth-order valence-corrected chi connectivity index (χ4v) is 4.40. The Morgan fingerprint density at radius 3 is 2.57 bits per heavy atom. The molecule has 0 spiro atoms. The van der Waals surface area contributed by atoms with Crippen LogP contribution in [0.4, 0.5) is 0 Å². The first-order chi connectivity index (χ1) is 6.43. The van der Waals surface area contributed by atoms with Crippen LogP contribution < -0.4 is 5.73 Å². The van der Waals surface area contributed by atoms with Gasteiger partial charge in [0.05, 0.1) is 11.5 Å². The number of nitrogens with two attached hydrogens (primary N) is 1. The van der Waals surface area contributed by atoms with Crippen molar-refractivity contribution >= 4 is 9.84 Å². The average Bonchev–Trinajstić information content (AvgIpc) is 2.82. The summed E-state index contributed by atoms with van der Waals surface area (Å²) in [5.41, 5.74) is 6.08. The summed E-state index contributed by atoms with van der Waals surface area (Å²) in [5.74, 6) is 1.43. The predicted molar refractivity (Wildman–Crippen MR) is 56.7 cm³/mol. The summed E-state index contributed by atoms with van der Waals surface area (Å²) in [6, 6.07) is 0. The van der Waals surface area contributed by atoms with Crippen molar-refractivity contribution in [2.75, 3.05) is 11.5 Å². The molecule has 3 nitrogen and oxygen atoms in total. The fourth-order valence-electron chi connectivity index (χ4n) is 2.52. The number of hydrogen-bond acceptors (Lipinski definition) is 3. The van der Waals surface area contributed by atoms with Crippen molar-refractivity contribution in [2.24, 2.45) is 17.6 Å². The first kappa shape index (κ1) is 10.4. The summed E-state index contributed by atoms with van der Waals surface area (Å²) in [4.78, 5) is 0. The highest BCUT2D eigenvalue weighted by Crippen LogP contribution is 2.45. The molecule has 0 bridgehead atoms. The first-order valence-electron chi connectivity index (χ1n) is 5.42. The predicted octanol–water partition coefficient (Wildman–Crippen LogP) is 0.939. The van der Waals surface area contributed by atoms with Gasteiger partial charge in [-0.25, -0.2) is 8.42 Å². The molecule has 14 heavy (non-hydrogen) atoms.